The molecule has 0 saturated heterocycles. The molecule has 0 aliphatic rings. The molecule has 0 fully saturated rings. The summed E-state index contributed by atoms with van der Waals surface area (Å²) in [7, 11) is 0. The largest absolute Gasteiger partial charge is 0.297 e. The summed E-state index contributed by atoms with van der Waals surface area (Å²) in [6.45, 7) is 2.16. The Bertz CT molecular complexity index is 891. The summed E-state index contributed by atoms with van der Waals surface area (Å²) >= 11 is 7.24. The maximum Gasteiger partial charge on any atom is 0.250 e. The summed E-state index contributed by atoms with van der Waals surface area (Å²) in [5, 5.41) is 13.1. The van der Waals surface area contributed by atoms with Gasteiger partial charge >= 0.3 is 0 Å². The van der Waals surface area contributed by atoms with Gasteiger partial charge in [0, 0.05) is 17.5 Å². The van der Waals surface area contributed by atoms with E-state index in [4.69, 9.17) is 11.6 Å². The van der Waals surface area contributed by atoms with Gasteiger partial charge < -0.3 is 0 Å². The Morgan fingerprint density at radius 1 is 1.15 bits per heavy atom. The topological polar surface area (TPSA) is 54.9 Å². The fourth-order valence-corrected chi connectivity index (χ4v) is 3.44. The Morgan fingerprint density at radius 3 is 2.62 bits per heavy atom. The number of anilines is 1. The molecule has 1 atom stereocenters. The zero-order chi connectivity index (χ0) is 18.4. The van der Waals surface area contributed by atoms with Gasteiger partial charge in [-0.05, 0) is 35.3 Å². The summed E-state index contributed by atoms with van der Waals surface area (Å²) in [5.74, 6) is 0.108. The average molecular weight is 384 g/mol. The lowest BCUT2D eigenvalue weighted by atomic mass is 9.98. The summed E-state index contributed by atoms with van der Waals surface area (Å²) in [5.41, 5.74) is 2.17. The third kappa shape index (κ3) is 5.25. The molecule has 1 N–H and O–H groups in total. The number of hydrogen-bond donors (Lipinski definition) is 1. The molecule has 132 valence electrons. The summed E-state index contributed by atoms with van der Waals surface area (Å²) < 4.78 is 0. The van der Waals surface area contributed by atoms with E-state index >= 15 is 0 Å². The molecule has 0 saturated carbocycles. The molecular weight excluding hydrogens is 366 g/mol. The van der Waals surface area contributed by atoms with Crippen LogP contribution in [0.4, 0.5) is 5.13 Å². The van der Waals surface area contributed by atoms with Gasteiger partial charge in [0.15, 0.2) is 0 Å². The van der Waals surface area contributed by atoms with Crippen molar-refractivity contribution >= 4 is 40.1 Å². The summed E-state index contributed by atoms with van der Waals surface area (Å²) in [4.78, 5) is 12.0. The second-order valence-corrected chi connectivity index (χ2v) is 7.39. The van der Waals surface area contributed by atoms with Crippen LogP contribution in [0.2, 0.25) is 5.02 Å². The van der Waals surface area contributed by atoms with Gasteiger partial charge in [0.25, 0.3) is 0 Å². The third-order valence-corrected chi connectivity index (χ3v) is 4.96. The van der Waals surface area contributed by atoms with Gasteiger partial charge in [0.05, 0.1) is 0 Å². The Morgan fingerprint density at radius 2 is 1.88 bits per heavy atom. The first-order valence-electron chi connectivity index (χ1n) is 8.22. The number of aromatic nitrogens is 2. The molecule has 2 aromatic carbocycles. The Balaban J connectivity index is 1.56. The number of benzene rings is 2. The Kier molecular flexibility index (Phi) is 6.15. The molecule has 1 unspecified atom stereocenters. The number of carbonyl (C=O) groups excluding carboxylic acids is 1. The van der Waals surface area contributed by atoms with E-state index in [1.165, 1.54) is 23.0 Å². The number of halogens is 1. The van der Waals surface area contributed by atoms with Gasteiger partial charge in [-0.15, -0.1) is 10.2 Å². The average Bonchev–Trinajstić information content (AvgIpc) is 3.08. The molecule has 0 spiro atoms. The van der Waals surface area contributed by atoms with Gasteiger partial charge in [0.2, 0.25) is 11.0 Å². The van der Waals surface area contributed by atoms with E-state index < -0.39 is 0 Å². The van der Waals surface area contributed by atoms with Crippen molar-refractivity contribution in [2.24, 2.45) is 0 Å². The predicted molar refractivity (Wildman–Crippen MR) is 108 cm³/mol. The lowest BCUT2D eigenvalue weighted by molar-refractivity contribution is -0.111. The van der Waals surface area contributed by atoms with Gasteiger partial charge in [0.1, 0.15) is 5.01 Å². The number of amides is 1. The van der Waals surface area contributed by atoms with Crippen molar-refractivity contribution in [2.75, 3.05) is 5.32 Å². The number of carbonyl (C=O) groups is 1. The molecule has 0 aliphatic carbocycles. The van der Waals surface area contributed by atoms with Crippen molar-refractivity contribution in [1.82, 2.24) is 10.2 Å². The van der Waals surface area contributed by atoms with Crippen LogP contribution in [0, 0.1) is 0 Å². The first kappa shape index (κ1) is 18.3. The highest BCUT2D eigenvalue weighted by Crippen LogP contribution is 2.24. The summed E-state index contributed by atoms with van der Waals surface area (Å²) in [6.07, 6.45) is 3.99. The number of nitrogens with one attached hydrogen (secondary N) is 1. The molecular formula is C20H18ClN3OS. The van der Waals surface area contributed by atoms with E-state index in [1.54, 1.807) is 18.2 Å². The molecule has 0 aliphatic heterocycles. The number of nitrogens with zero attached hydrogens (tertiary/aromatic N) is 2. The lowest BCUT2D eigenvalue weighted by Gasteiger charge is -2.08. The lowest BCUT2D eigenvalue weighted by Crippen LogP contribution is -2.07. The molecule has 1 aromatic heterocycles. The van der Waals surface area contributed by atoms with Gasteiger partial charge in [-0.25, -0.2) is 0 Å². The van der Waals surface area contributed by atoms with Crippen molar-refractivity contribution in [1.29, 1.82) is 0 Å². The minimum Gasteiger partial charge on any atom is -0.297 e. The highest BCUT2D eigenvalue weighted by molar-refractivity contribution is 7.15. The minimum atomic E-state index is -0.237. The molecule has 0 bridgehead atoms. The molecule has 1 amide bonds. The van der Waals surface area contributed by atoms with Crippen molar-refractivity contribution in [3.63, 3.8) is 0 Å². The fourth-order valence-electron chi connectivity index (χ4n) is 2.44. The highest BCUT2D eigenvalue weighted by Gasteiger charge is 2.11. The van der Waals surface area contributed by atoms with E-state index in [9.17, 15) is 4.79 Å². The molecule has 3 rings (SSSR count). The Labute approximate surface area is 161 Å². The molecule has 26 heavy (non-hydrogen) atoms. The van der Waals surface area contributed by atoms with Gasteiger partial charge in [-0.1, -0.05) is 72.3 Å². The molecule has 1 heterocycles. The first-order valence-corrected chi connectivity index (χ1v) is 9.41. The van der Waals surface area contributed by atoms with Crippen molar-refractivity contribution in [3.05, 3.63) is 81.8 Å². The van der Waals surface area contributed by atoms with Crippen LogP contribution in [-0.2, 0) is 11.2 Å². The van der Waals surface area contributed by atoms with Crippen LogP contribution < -0.4 is 5.32 Å². The third-order valence-electron chi connectivity index (χ3n) is 3.84. The van der Waals surface area contributed by atoms with Crippen molar-refractivity contribution < 1.29 is 4.79 Å². The van der Waals surface area contributed by atoms with Gasteiger partial charge in [-0.2, -0.15) is 0 Å². The quantitative estimate of drug-likeness (QED) is 0.596. The van der Waals surface area contributed by atoms with Crippen LogP contribution in [0.25, 0.3) is 6.08 Å². The predicted octanol–water partition coefficient (Wildman–Crippen LogP) is 5.19. The second-order valence-electron chi connectivity index (χ2n) is 5.89. The number of rotatable bonds is 6. The second kappa shape index (κ2) is 8.74. The molecule has 4 nitrogen and oxygen atoms in total. The molecule has 3 aromatic rings. The summed E-state index contributed by atoms with van der Waals surface area (Å²) in [6, 6.07) is 17.5. The Hall–Kier alpha value is -2.50. The monoisotopic (exact) mass is 383 g/mol. The van der Waals surface area contributed by atoms with Crippen LogP contribution in [-0.4, -0.2) is 16.1 Å². The zero-order valence-electron chi connectivity index (χ0n) is 14.2. The van der Waals surface area contributed by atoms with E-state index in [0.717, 1.165) is 17.0 Å². The van der Waals surface area contributed by atoms with Crippen LogP contribution in [0.1, 0.15) is 29.0 Å². The number of hydrogen-bond acceptors (Lipinski definition) is 4. The standard InChI is InChI=1S/C20H18ClN3OS/c1-14(16-5-3-2-4-6-16)13-19-23-24-20(26-19)22-18(25)12-9-15-7-10-17(21)11-8-15/h2-12,14H,13H2,1H3,(H,22,24,25)/b12-9+. The first-order chi connectivity index (χ1) is 12.6. The van der Waals surface area contributed by atoms with E-state index in [0.29, 0.717) is 16.1 Å². The minimum absolute atomic E-state index is 0.237. The normalized spacial score (nSPS) is 12.2. The van der Waals surface area contributed by atoms with Crippen molar-refractivity contribution in [2.45, 2.75) is 19.3 Å². The van der Waals surface area contributed by atoms with Crippen LogP contribution >= 0.6 is 22.9 Å². The van der Waals surface area contributed by atoms with E-state index in [-0.39, 0.29) is 5.91 Å². The SMILES string of the molecule is CC(Cc1nnc(NC(=O)/C=C/c2ccc(Cl)cc2)s1)c1ccccc1. The zero-order valence-corrected chi connectivity index (χ0v) is 15.8. The smallest absolute Gasteiger partial charge is 0.250 e. The van der Waals surface area contributed by atoms with E-state index in [1.807, 2.05) is 30.3 Å². The van der Waals surface area contributed by atoms with Crippen molar-refractivity contribution in [3.8, 4) is 0 Å². The molecule has 6 heteroatoms. The highest BCUT2D eigenvalue weighted by atomic mass is 35.5. The van der Waals surface area contributed by atoms with Crippen LogP contribution in [0.5, 0.6) is 0 Å². The van der Waals surface area contributed by atoms with Gasteiger partial charge in [-0.3, -0.25) is 10.1 Å². The fraction of sp³-hybridized carbons (Fsp3) is 0.150. The van der Waals surface area contributed by atoms with E-state index in [2.05, 4.69) is 34.6 Å². The maximum absolute atomic E-state index is 12.0. The maximum atomic E-state index is 12.0. The van der Waals surface area contributed by atoms with Crippen LogP contribution in [0.3, 0.4) is 0 Å². The molecule has 0 radical (unpaired) electrons. The van der Waals surface area contributed by atoms with Crippen LogP contribution in [0.15, 0.2) is 60.7 Å².